The second-order valence-electron chi connectivity index (χ2n) is 7.80. The number of nitrogens with zero attached hydrogens (tertiary/aromatic N) is 1. The molecule has 0 saturated carbocycles. The Morgan fingerprint density at radius 1 is 1.15 bits per heavy atom. The van der Waals surface area contributed by atoms with Gasteiger partial charge in [0.2, 0.25) is 11.8 Å². The summed E-state index contributed by atoms with van der Waals surface area (Å²) >= 11 is 3.38. The minimum atomic E-state index is -0.288. The Kier molecular flexibility index (Phi) is 6.00. The van der Waals surface area contributed by atoms with Crippen molar-refractivity contribution in [2.45, 2.75) is 26.7 Å². The van der Waals surface area contributed by atoms with Crippen LogP contribution in [-0.4, -0.2) is 29.8 Å². The molecule has 0 unspecified atom stereocenters. The normalized spacial score (nSPS) is 18.6. The maximum atomic E-state index is 12.9. The number of carbonyl (C=O) groups is 2. The molecule has 0 aliphatic carbocycles. The van der Waals surface area contributed by atoms with Gasteiger partial charge < -0.3 is 10.2 Å². The first kappa shape index (κ1) is 19.6. The lowest BCUT2D eigenvalue weighted by atomic mass is 9.79. The summed E-state index contributed by atoms with van der Waals surface area (Å²) < 4.78 is 0.960. The molecule has 3 rings (SSSR count). The van der Waals surface area contributed by atoms with E-state index in [0.29, 0.717) is 13.1 Å². The average molecular weight is 429 g/mol. The number of benzene rings is 2. The molecule has 1 heterocycles. The van der Waals surface area contributed by atoms with Crippen LogP contribution >= 0.6 is 15.9 Å². The molecule has 0 aromatic heterocycles. The third-order valence-electron chi connectivity index (χ3n) is 5.18. The van der Waals surface area contributed by atoms with Gasteiger partial charge in [-0.2, -0.15) is 0 Å². The van der Waals surface area contributed by atoms with Gasteiger partial charge in [-0.25, -0.2) is 0 Å². The first-order valence-electron chi connectivity index (χ1n) is 9.23. The predicted octanol–water partition coefficient (Wildman–Crippen LogP) is 4.51. The molecular weight excluding hydrogens is 404 g/mol. The number of anilines is 1. The van der Waals surface area contributed by atoms with Gasteiger partial charge in [-0.15, -0.1) is 0 Å². The molecule has 0 spiro atoms. The molecule has 2 aromatic carbocycles. The zero-order valence-electron chi connectivity index (χ0n) is 15.7. The van der Waals surface area contributed by atoms with Crippen molar-refractivity contribution in [1.29, 1.82) is 0 Å². The standard InChI is InChI=1S/C22H25BrN2O2/c1-22(2)15-25(13-12-16-6-4-3-5-7-16)21(27)19(22)14-20(26)24-18-10-8-17(23)9-11-18/h3-11,19H,12-15H2,1-2H3,(H,24,26)/t19-/m0/s1. The van der Waals surface area contributed by atoms with Crippen molar-refractivity contribution >= 4 is 33.4 Å². The smallest absolute Gasteiger partial charge is 0.226 e. The van der Waals surface area contributed by atoms with Crippen molar-refractivity contribution in [2.75, 3.05) is 18.4 Å². The Balaban J connectivity index is 1.60. The van der Waals surface area contributed by atoms with E-state index in [0.717, 1.165) is 16.6 Å². The lowest BCUT2D eigenvalue weighted by Gasteiger charge is -2.23. The third kappa shape index (κ3) is 4.98. The largest absolute Gasteiger partial charge is 0.342 e. The highest BCUT2D eigenvalue weighted by Gasteiger charge is 2.46. The van der Waals surface area contributed by atoms with E-state index in [1.165, 1.54) is 5.56 Å². The number of amides is 2. The van der Waals surface area contributed by atoms with Gasteiger partial charge in [0.1, 0.15) is 0 Å². The van der Waals surface area contributed by atoms with Crippen molar-refractivity contribution in [3.63, 3.8) is 0 Å². The fourth-order valence-corrected chi connectivity index (χ4v) is 3.89. The SMILES string of the molecule is CC1(C)CN(CCc2ccccc2)C(=O)[C@@H]1CC(=O)Nc1ccc(Br)cc1. The summed E-state index contributed by atoms with van der Waals surface area (Å²) in [5.41, 5.74) is 1.75. The monoisotopic (exact) mass is 428 g/mol. The maximum absolute atomic E-state index is 12.9. The van der Waals surface area contributed by atoms with Crippen LogP contribution in [-0.2, 0) is 16.0 Å². The third-order valence-corrected chi connectivity index (χ3v) is 5.71. The van der Waals surface area contributed by atoms with E-state index in [1.807, 2.05) is 47.4 Å². The maximum Gasteiger partial charge on any atom is 0.226 e. The van der Waals surface area contributed by atoms with E-state index in [1.54, 1.807) is 0 Å². The van der Waals surface area contributed by atoms with E-state index in [4.69, 9.17) is 0 Å². The van der Waals surface area contributed by atoms with E-state index in [-0.39, 0.29) is 29.6 Å². The molecule has 0 radical (unpaired) electrons. The summed E-state index contributed by atoms with van der Waals surface area (Å²) in [6.45, 7) is 5.53. The van der Waals surface area contributed by atoms with E-state index < -0.39 is 0 Å². The molecule has 4 nitrogen and oxygen atoms in total. The molecule has 1 aliphatic heterocycles. The average Bonchev–Trinajstić information content (AvgIpc) is 2.86. The number of nitrogens with one attached hydrogen (secondary N) is 1. The van der Waals surface area contributed by atoms with Crippen LogP contribution in [0.1, 0.15) is 25.8 Å². The minimum absolute atomic E-state index is 0.0851. The molecule has 1 atom stereocenters. The molecule has 1 aliphatic rings. The van der Waals surface area contributed by atoms with E-state index >= 15 is 0 Å². The number of rotatable bonds is 6. The summed E-state index contributed by atoms with van der Waals surface area (Å²) in [5, 5.41) is 2.90. The molecule has 0 bridgehead atoms. The van der Waals surface area contributed by atoms with Crippen LogP contribution < -0.4 is 5.32 Å². The molecule has 1 fully saturated rings. The highest BCUT2D eigenvalue weighted by Crippen LogP contribution is 2.38. The predicted molar refractivity (Wildman–Crippen MR) is 111 cm³/mol. The van der Waals surface area contributed by atoms with Crippen molar-refractivity contribution in [2.24, 2.45) is 11.3 Å². The molecule has 1 N–H and O–H groups in total. The van der Waals surface area contributed by atoms with Gasteiger partial charge in [-0.1, -0.05) is 60.1 Å². The summed E-state index contributed by atoms with van der Waals surface area (Å²) in [5.74, 6) is -0.320. The molecule has 142 valence electrons. The van der Waals surface area contributed by atoms with Crippen LogP contribution in [0, 0.1) is 11.3 Å². The van der Waals surface area contributed by atoms with Gasteiger partial charge in [0.25, 0.3) is 0 Å². The van der Waals surface area contributed by atoms with Gasteiger partial charge in [-0.05, 0) is 41.7 Å². The molecular formula is C22H25BrN2O2. The number of halogens is 1. The molecule has 1 saturated heterocycles. The zero-order valence-corrected chi connectivity index (χ0v) is 17.3. The first-order chi connectivity index (χ1) is 12.8. The second kappa shape index (κ2) is 8.26. The lowest BCUT2D eigenvalue weighted by Crippen LogP contribution is -2.31. The first-order valence-corrected chi connectivity index (χ1v) is 10.0. The van der Waals surface area contributed by atoms with Gasteiger partial charge in [0.15, 0.2) is 0 Å². The molecule has 2 amide bonds. The highest BCUT2D eigenvalue weighted by atomic mass is 79.9. The minimum Gasteiger partial charge on any atom is -0.342 e. The summed E-state index contributed by atoms with van der Waals surface area (Å²) in [6, 6.07) is 17.6. The number of likely N-dealkylation sites (tertiary alicyclic amines) is 1. The van der Waals surface area contributed by atoms with Gasteiger partial charge in [0, 0.05) is 29.7 Å². The number of hydrogen-bond acceptors (Lipinski definition) is 2. The van der Waals surface area contributed by atoms with Crippen LogP contribution in [0.2, 0.25) is 0 Å². The van der Waals surface area contributed by atoms with Crippen molar-refractivity contribution in [3.8, 4) is 0 Å². The Morgan fingerprint density at radius 2 is 1.81 bits per heavy atom. The summed E-state index contributed by atoms with van der Waals surface area (Å²) in [4.78, 5) is 27.3. The second-order valence-corrected chi connectivity index (χ2v) is 8.71. The Morgan fingerprint density at radius 3 is 2.48 bits per heavy atom. The Bertz CT molecular complexity index is 803. The van der Waals surface area contributed by atoms with Gasteiger partial charge in [-0.3, -0.25) is 9.59 Å². The van der Waals surface area contributed by atoms with Crippen LogP contribution in [0.3, 0.4) is 0 Å². The van der Waals surface area contributed by atoms with Gasteiger partial charge >= 0.3 is 0 Å². The quantitative estimate of drug-likeness (QED) is 0.735. The fourth-order valence-electron chi connectivity index (χ4n) is 3.63. The van der Waals surface area contributed by atoms with Gasteiger partial charge in [0.05, 0.1) is 5.92 Å². The zero-order chi connectivity index (χ0) is 19.4. The van der Waals surface area contributed by atoms with Crippen LogP contribution in [0.4, 0.5) is 5.69 Å². The molecule has 2 aromatic rings. The van der Waals surface area contributed by atoms with Crippen LogP contribution in [0.15, 0.2) is 59.1 Å². The van der Waals surface area contributed by atoms with Crippen LogP contribution in [0.25, 0.3) is 0 Å². The van der Waals surface area contributed by atoms with Crippen LogP contribution in [0.5, 0.6) is 0 Å². The fraction of sp³-hybridized carbons (Fsp3) is 0.364. The Hall–Kier alpha value is -2.14. The Labute approximate surface area is 169 Å². The van der Waals surface area contributed by atoms with Crippen molar-refractivity contribution in [1.82, 2.24) is 4.90 Å². The topological polar surface area (TPSA) is 49.4 Å². The molecule has 27 heavy (non-hydrogen) atoms. The lowest BCUT2D eigenvalue weighted by molar-refractivity contribution is -0.133. The summed E-state index contributed by atoms with van der Waals surface area (Å²) in [6.07, 6.45) is 1.05. The molecule has 5 heteroatoms. The van der Waals surface area contributed by atoms with Crippen molar-refractivity contribution in [3.05, 3.63) is 64.6 Å². The number of hydrogen-bond donors (Lipinski definition) is 1. The van der Waals surface area contributed by atoms with E-state index in [9.17, 15) is 9.59 Å². The van der Waals surface area contributed by atoms with E-state index in [2.05, 4.69) is 47.2 Å². The number of carbonyl (C=O) groups excluding carboxylic acids is 2. The van der Waals surface area contributed by atoms with Crippen molar-refractivity contribution < 1.29 is 9.59 Å². The highest BCUT2D eigenvalue weighted by molar-refractivity contribution is 9.10. The summed E-state index contributed by atoms with van der Waals surface area (Å²) in [7, 11) is 0.